The molecule has 0 aliphatic rings. The van der Waals surface area contributed by atoms with Gasteiger partial charge in [0.25, 0.3) is 10.0 Å². The van der Waals surface area contributed by atoms with Crippen LogP contribution in [0.15, 0.2) is 106 Å². The highest BCUT2D eigenvalue weighted by atomic mass is 32.2. The van der Waals surface area contributed by atoms with Crippen LogP contribution in [-0.2, 0) is 19.9 Å². The van der Waals surface area contributed by atoms with Crippen LogP contribution in [0.3, 0.4) is 0 Å². The Morgan fingerprint density at radius 3 is 1.83 bits per heavy atom. The van der Waals surface area contributed by atoms with Crippen LogP contribution in [0.5, 0.6) is 0 Å². The third-order valence-electron chi connectivity index (χ3n) is 4.78. The largest absolute Gasteiger partial charge is 0.280 e. The Bertz CT molecular complexity index is 1430. The van der Waals surface area contributed by atoms with E-state index in [9.17, 15) is 16.8 Å². The molecule has 4 rings (SSSR count). The summed E-state index contributed by atoms with van der Waals surface area (Å²) < 4.78 is 53.5. The third kappa shape index (κ3) is 3.94. The molecule has 0 fully saturated rings. The van der Waals surface area contributed by atoms with E-state index in [4.69, 9.17) is 0 Å². The number of fused-ring (bicyclic) bond motifs is 1. The molecule has 30 heavy (non-hydrogen) atoms. The van der Waals surface area contributed by atoms with Crippen LogP contribution in [-0.4, -0.2) is 16.8 Å². The maximum Gasteiger partial charge on any atom is 0.261 e. The zero-order chi connectivity index (χ0) is 21.4. The number of rotatable bonds is 5. The Morgan fingerprint density at radius 2 is 1.17 bits per heavy atom. The van der Waals surface area contributed by atoms with Crippen molar-refractivity contribution in [2.75, 3.05) is 4.72 Å². The predicted molar refractivity (Wildman–Crippen MR) is 118 cm³/mol. The van der Waals surface area contributed by atoms with Gasteiger partial charge in [-0.3, -0.25) is 4.72 Å². The van der Waals surface area contributed by atoms with Crippen molar-refractivity contribution >= 4 is 36.3 Å². The monoisotopic (exact) mass is 437 g/mol. The summed E-state index contributed by atoms with van der Waals surface area (Å²) in [7, 11) is -7.48. The molecule has 0 aromatic heterocycles. The summed E-state index contributed by atoms with van der Waals surface area (Å²) in [6, 6.07) is 24.7. The Labute approximate surface area is 176 Å². The van der Waals surface area contributed by atoms with E-state index < -0.39 is 19.9 Å². The van der Waals surface area contributed by atoms with Crippen molar-refractivity contribution in [3.8, 4) is 0 Å². The lowest BCUT2D eigenvalue weighted by atomic mass is 10.1. The van der Waals surface area contributed by atoms with Gasteiger partial charge in [-0.25, -0.2) is 16.8 Å². The molecule has 0 unspecified atom stereocenters. The second-order valence-electron chi connectivity index (χ2n) is 6.96. The normalized spacial score (nSPS) is 12.0. The lowest BCUT2D eigenvalue weighted by Gasteiger charge is -2.10. The fourth-order valence-electron chi connectivity index (χ4n) is 3.10. The highest BCUT2D eigenvalue weighted by Gasteiger charge is 2.19. The van der Waals surface area contributed by atoms with Gasteiger partial charge in [0, 0.05) is 5.69 Å². The molecule has 0 amide bonds. The molecule has 7 heteroatoms. The molecule has 4 aromatic carbocycles. The van der Waals surface area contributed by atoms with Crippen molar-refractivity contribution in [2.24, 2.45) is 0 Å². The van der Waals surface area contributed by atoms with Crippen molar-refractivity contribution < 1.29 is 16.8 Å². The van der Waals surface area contributed by atoms with E-state index in [2.05, 4.69) is 4.72 Å². The first kappa shape index (κ1) is 20.1. The Morgan fingerprint density at radius 1 is 0.600 bits per heavy atom. The van der Waals surface area contributed by atoms with Crippen molar-refractivity contribution in [3.05, 3.63) is 96.6 Å². The minimum Gasteiger partial charge on any atom is -0.280 e. The van der Waals surface area contributed by atoms with Gasteiger partial charge in [0.05, 0.1) is 14.7 Å². The molecule has 5 nitrogen and oxygen atoms in total. The number of sulfonamides is 1. The number of sulfone groups is 1. The second kappa shape index (κ2) is 7.59. The molecule has 0 saturated heterocycles. The number of hydrogen-bond donors (Lipinski definition) is 1. The maximum absolute atomic E-state index is 13.0. The predicted octanol–water partition coefficient (Wildman–Crippen LogP) is 4.78. The first-order valence-corrected chi connectivity index (χ1v) is 12.2. The highest BCUT2D eigenvalue weighted by molar-refractivity contribution is 7.92. The van der Waals surface area contributed by atoms with E-state index in [1.54, 1.807) is 30.3 Å². The molecule has 0 aliphatic heterocycles. The fourth-order valence-corrected chi connectivity index (χ4v) is 5.46. The van der Waals surface area contributed by atoms with Gasteiger partial charge in [0.15, 0.2) is 0 Å². The summed E-state index contributed by atoms with van der Waals surface area (Å²) in [6.07, 6.45) is 0. The molecule has 0 atom stereocenters. The number of benzene rings is 4. The van der Waals surface area contributed by atoms with Crippen LogP contribution in [0.4, 0.5) is 5.69 Å². The van der Waals surface area contributed by atoms with E-state index in [0.717, 1.165) is 16.3 Å². The second-order valence-corrected chi connectivity index (χ2v) is 10.6. The van der Waals surface area contributed by atoms with Crippen molar-refractivity contribution in [1.82, 2.24) is 0 Å². The first-order chi connectivity index (χ1) is 14.3. The standard InChI is InChI=1S/C23H19NO4S2/c1-17-6-11-22(12-7-17)30(27,28)24-20-9-14-21(15-10-20)29(25,26)23-13-8-18-4-2-3-5-19(18)16-23/h2-16,24H,1H3. The van der Waals surface area contributed by atoms with Crippen LogP contribution in [0, 0.1) is 6.92 Å². The fraction of sp³-hybridized carbons (Fsp3) is 0.0435. The van der Waals surface area contributed by atoms with E-state index >= 15 is 0 Å². The van der Waals surface area contributed by atoms with Crippen LogP contribution in [0.25, 0.3) is 10.8 Å². The van der Waals surface area contributed by atoms with Gasteiger partial charge in [0.2, 0.25) is 9.84 Å². The van der Waals surface area contributed by atoms with Gasteiger partial charge in [0.1, 0.15) is 0 Å². The molecule has 0 bridgehead atoms. The van der Waals surface area contributed by atoms with Gasteiger partial charge < -0.3 is 0 Å². The van der Waals surface area contributed by atoms with E-state index in [1.165, 1.54) is 36.4 Å². The van der Waals surface area contributed by atoms with Gasteiger partial charge in [-0.2, -0.15) is 0 Å². The molecule has 0 spiro atoms. The lowest BCUT2D eigenvalue weighted by molar-refractivity contribution is 0.596. The first-order valence-electron chi connectivity index (χ1n) is 9.19. The SMILES string of the molecule is Cc1ccc(S(=O)(=O)Nc2ccc(S(=O)(=O)c3ccc4ccccc4c3)cc2)cc1. The van der Waals surface area contributed by atoms with Gasteiger partial charge in [-0.15, -0.1) is 0 Å². The Balaban J connectivity index is 1.61. The summed E-state index contributed by atoms with van der Waals surface area (Å²) >= 11 is 0. The van der Waals surface area contributed by atoms with Gasteiger partial charge in [-0.1, -0.05) is 48.0 Å². The summed E-state index contributed by atoms with van der Waals surface area (Å²) in [4.78, 5) is 0.422. The average molecular weight is 438 g/mol. The van der Waals surface area contributed by atoms with Crippen molar-refractivity contribution in [3.63, 3.8) is 0 Å². The summed E-state index contributed by atoms with van der Waals surface area (Å²) in [5.74, 6) is 0. The zero-order valence-corrected chi connectivity index (χ0v) is 17.7. The quantitative estimate of drug-likeness (QED) is 0.487. The number of anilines is 1. The van der Waals surface area contributed by atoms with Crippen LogP contribution >= 0.6 is 0 Å². The summed E-state index contributed by atoms with van der Waals surface area (Å²) in [6.45, 7) is 1.87. The lowest BCUT2D eigenvalue weighted by Crippen LogP contribution is -2.13. The molecular formula is C23H19NO4S2. The Hall–Kier alpha value is -3.16. The van der Waals surface area contributed by atoms with Crippen molar-refractivity contribution in [1.29, 1.82) is 0 Å². The van der Waals surface area contributed by atoms with Crippen molar-refractivity contribution in [2.45, 2.75) is 21.6 Å². The van der Waals surface area contributed by atoms with Crippen LogP contribution in [0.1, 0.15) is 5.56 Å². The molecule has 0 radical (unpaired) electrons. The maximum atomic E-state index is 13.0. The highest BCUT2D eigenvalue weighted by Crippen LogP contribution is 2.26. The van der Waals surface area contributed by atoms with E-state index in [1.807, 2.05) is 31.2 Å². The molecule has 0 heterocycles. The minimum absolute atomic E-state index is 0.0936. The summed E-state index contributed by atoms with van der Waals surface area (Å²) in [5.41, 5.74) is 1.24. The zero-order valence-electron chi connectivity index (χ0n) is 16.1. The third-order valence-corrected chi connectivity index (χ3v) is 7.94. The molecular weight excluding hydrogens is 418 g/mol. The molecule has 0 aliphatic carbocycles. The molecule has 1 N–H and O–H groups in total. The van der Waals surface area contributed by atoms with Crippen LogP contribution in [0.2, 0.25) is 0 Å². The van der Waals surface area contributed by atoms with E-state index in [0.29, 0.717) is 0 Å². The Kier molecular flexibility index (Phi) is 5.09. The number of nitrogens with one attached hydrogen (secondary N) is 1. The average Bonchev–Trinajstić information content (AvgIpc) is 2.74. The number of aryl methyl sites for hydroxylation is 1. The molecule has 0 saturated carbocycles. The summed E-state index contributed by atoms with van der Waals surface area (Å²) in [5, 5.41) is 1.79. The van der Waals surface area contributed by atoms with Gasteiger partial charge >= 0.3 is 0 Å². The number of hydrogen-bond acceptors (Lipinski definition) is 4. The smallest absolute Gasteiger partial charge is 0.261 e. The minimum atomic E-state index is -3.75. The van der Waals surface area contributed by atoms with Gasteiger partial charge in [-0.05, 0) is 66.2 Å². The topological polar surface area (TPSA) is 80.3 Å². The van der Waals surface area contributed by atoms with E-state index in [-0.39, 0.29) is 20.4 Å². The molecule has 152 valence electrons. The van der Waals surface area contributed by atoms with Crippen LogP contribution < -0.4 is 4.72 Å². The molecule has 4 aromatic rings.